The molecule has 0 aliphatic heterocycles. The molecule has 5 nitrogen and oxygen atoms in total. The van der Waals surface area contributed by atoms with Gasteiger partial charge in [0.05, 0.1) is 6.20 Å². The number of aromatic nitrogens is 3. The van der Waals surface area contributed by atoms with Crippen LogP contribution in [-0.2, 0) is 6.54 Å². The predicted octanol–water partition coefficient (Wildman–Crippen LogP) is 3.50. The lowest BCUT2D eigenvalue weighted by molar-refractivity contribution is 0.736. The molecule has 0 aliphatic carbocycles. The highest BCUT2D eigenvalue weighted by atomic mass is 15.3. The van der Waals surface area contributed by atoms with Gasteiger partial charge in [-0.05, 0) is 18.9 Å². The summed E-state index contributed by atoms with van der Waals surface area (Å²) in [7, 11) is 0. The predicted molar refractivity (Wildman–Crippen MR) is 91.0 cm³/mol. The highest BCUT2D eigenvalue weighted by Crippen LogP contribution is 2.14. The van der Waals surface area contributed by atoms with E-state index in [2.05, 4.69) is 63.5 Å². The lowest BCUT2D eigenvalue weighted by atomic mass is 10.2. The van der Waals surface area contributed by atoms with Crippen LogP contribution in [0.5, 0.6) is 0 Å². The number of benzene rings is 1. The molecule has 0 radical (unpaired) electrons. The second-order valence-corrected chi connectivity index (χ2v) is 5.27. The molecule has 0 aliphatic rings. The summed E-state index contributed by atoms with van der Waals surface area (Å²) in [5.74, 6) is 1.47. The zero-order valence-corrected chi connectivity index (χ0v) is 13.5. The van der Waals surface area contributed by atoms with Crippen LogP contribution in [0.15, 0.2) is 36.5 Å². The number of anilines is 2. The maximum absolute atomic E-state index is 4.58. The quantitative estimate of drug-likeness (QED) is 0.718. The number of nitrogens with one attached hydrogen (secondary N) is 1. The van der Waals surface area contributed by atoms with Crippen LogP contribution in [0.4, 0.5) is 11.8 Å². The third kappa shape index (κ3) is 4.98. The van der Waals surface area contributed by atoms with Crippen molar-refractivity contribution in [2.45, 2.75) is 39.7 Å². The van der Waals surface area contributed by atoms with E-state index in [4.69, 9.17) is 0 Å². The molecule has 1 heterocycles. The summed E-state index contributed by atoms with van der Waals surface area (Å²) >= 11 is 0. The fourth-order valence-electron chi connectivity index (χ4n) is 2.26. The largest absolute Gasteiger partial charge is 0.353 e. The first-order valence-corrected chi connectivity index (χ1v) is 8.06. The van der Waals surface area contributed by atoms with E-state index in [1.165, 1.54) is 18.4 Å². The van der Waals surface area contributed by atoms with Gasteiger partial charge in [-0.3, -0.25) is 0 Å². The van der Waals surface area contributed by atoms with Crippen LogP contribution in [0, 0.1) is 0 Å². The molecule has 1 aromatic carbocycles. The lowest BCUT2D eigenvalue weighted by Gasteiger charge is -2.21. The normalized spacial score (nSPS) is 10.5. The van der Waals surface area contributed by atoms with Gasteiger partial charge in [0.1, 0.15) is 0 Å². The molecule has 1 N–H and O–H groups in total. The minimum atomic E-state index is 0.611. The van der Waals surface area contributed by atoms with Gasteiger partial charge in [-0.25, -0.2) is 0 Å². The highest BCUT2D eigenvalue weighted by Gasteiger charge is 2.09. The average molecular weight is 299 g/mol. The molecule has 2 rings (SSSR count). The Hall–Kier alpha value is -2.17. The zero-order chi connectivity index (χ0) is 15.6. The minimum Gasteiger partial charge on any atom is -0.353 e. The first-order valence-electron chi connectivity index (χ1n) is 8.06. The van der Waals surface area contributed by atoms with Crippen LogP contribution in [0.25, 0.3) is 0 Å². The van der Waals surface area contributed by atoms with Gasteiger partial charge in [0.2, 0.25) is 5.95 Å². The first-order chi connectivity index (χ1) is 10.8. The minimum absolute atomic E-state index is 0.611. The number of hydrogen-bond acceptors (Lipinski definition) is 5. The molecule has 2 aromatic rings. The van der Waals surface area contributed by atoms with Crippen molar-refractivity contribution < 1.29 is 0 Å². The number of rotatable bonds is 9. The second-order valence-electron chi connectivity index (χ2n) is 5.27. The van der Waals surface area contributed by atoms with Gasteiger partial charge >= 0.3 is 0 Å². The van der Waals surface area contributed by atoms with Crippen molar-refractivity contribution in [2.75, 3.05) is 23.3 Å². The van der Waals surface area contributed by atoms with E-state index in [1.807, 2.05) is 6.07 Å². The van der Waals surface area contributed by atoms with Crippen LogP contribution >= 0.6 is 0 Å². The van der Waals surface area contributed by atoms with Crippen molar-refractivity contribution in [3.05, 3.63) is 42.1 Å². The van der Waals surface area contributed by atoms with E-state index < -0.39 is 0 Å². The van der Waals surface area contributed by atoms with E-state index in [-0.39, 0.29) is 0 Å². The van der Waals surface area contributed by atoms with E-state index in [9.17, 15) is 0 Å². The summed E-state index contributed by atoms with van der Waals surface area (Å²) in [5, 5.41) is 11.4. The molecule has 0 amide bonds. The number of hydrogen-bond donors (Lipinski definition) is 1. The van der Waals surface area contributed by atoms with Gasteiger partial charge in [0.15, 0.2) is 5.82 Å². The van der Waals surface area contributed by atoms with Crippen molar-refractivity contribution in [3.63, 3.8) is 0 Å². The van der Waals surface area contributed by atoms with E-state index >= 15 is 0 Å². The van der Waals surface area contributed by atoms with Gasteiger partial charge in [-0.1, -0.05) is 50.1 Å². The van der Waals surface area contributed by atoms with Crippen molar-refractivity contribution in [1.82, 2.24) is 15.2 Å². The van der Waals surface area contributed by atoms with Crippen molar-refractivity contribution in [2.24, 2.45) is 0 Å². The molecule has 5 heteroatoms. The standard InChI is InChI=1S/C17H25N5/c1-3-5-9-12-18-17-20-16(13-19-21-17)22(4-2)14-15-10-7-6-8-11-15/h6-8,10-11,13H,3-5,9,12,14H2,1-2H3,(H,18,20,21). The Bertz CT molecular complexity index is 544. The fourth-order valence-corrected chi connectivity index (χ4v) is 2.26. The molecule has 1 aromatic heterocycles. The molecule has 0 saturated heterocycles. The second kappa shape index (κ2) is 8.97. The van der Waals surface area contributed by atoms with Crippen molar-refractivity contribution >= 4 is 11.8 Å². The lowest BCUT2D eigenvalue weighted by Crippen LogP contribution is -2.24. The van der Waals surface area contributed by atoms with Gasteiger partial charge in [-0.15, -0.1) is 5.10 Å². The summed E-state index contributed by atoms with van der Waals surface area (Å²) < 4.78 is 0. The summed E-state index contributed by atoms with van der Waals surface area (Å²) in [5.41, 5.74) is 1.26. The Morgan fingerprint density at radius 3 is 2.64 bits per heavy atom. The third-order valence-corrected chi connectivity index (χ3v) is 3.53. The van der Waals surface area contributed by atoms with Gasteiger partial charge in [0, 0.05) is 19.6 Å². The molecule has 0 saturated carbocycles. The molecule has 118 valence electrons. The Morgan fingerprint density at radius 1 is 1.09 bits per heavy atom. The molecule has 0 spiro atoms. The Kier molecular flexibility index (Phi) is 6.61. The monoisotopic (exact) mass is 299 g/mol. The van der Waals surface area contributed by atoms with E-state index in [1.54, 1.807) is 6.20 Å². The topological polar surface area (TPSA) is 53.9 Å². The van der Waals surface area contributed by atoms with Crippen LogP contribution in [0.3, 0.4) is 0 Å². The van der Waals surface area contributed by atoms with Gasteiger partial charge in [-0.2, -0.15) is 10.1 Å². The van der Waals surface area contributed by atoms with Crippen molar-refractivity contribution in [3.8, 4) is 0 Å². The molecule has 22 heavy (non-hydrogen) atoms. The fraction of sp³-hybridized carbons (Fsp3) is 0.471. The summed E-state index contributed by atoms with van der Waals surface area (Å²) in [6, 6.07) is 10.4. The maximum Gasteiger partial charge on any atom is 0.244 e. The molecule has 0 fully saturated rings. The van der Waals surface area contributed by atoms with Gasteiger partial charge < -0.3 is 10.2 Å². The number of unbranched alkanes of at least 4 members (excludes halogenated alkanes) is 2. The van der Waals surface area contributed by atoms with Crippen LogP contribution in [-0.4, -0.2) is 28.3 Å². The summed E-state index contributed by atoms with van der Waals surface area (Å²) in [4.78, 5) is 6.77. The smallest absolute Gasteiger partial charge is 0.244 e. The van der Waals surface area contributed by atoms with Crippen LogP contribution in [0.2, 0.25) is 0 Å². The SMILES string of the molecule is CCCCCNc1nncc(N(CC)Cc2ccccc2)n1. The highest BCUT2D eigenvalue weighted by molar-refractivity contribution is 5.41. The molecule has 0 atom stereocenters. The zero-order valence-electron chi connectivity index (χ0n) is 13.5. The molecule has 0 bridgehead atoms. The molecular formula is C17H25N5. The van der Waals surface area contributed by atoms with E-state index in [0.29, 0.717) is 5.95 Å². The number of nitrogens with zero attached hydrogens (tertiary/aromatic N) is 4. The first kappa shape index (κ1) is 16.2. The van der Waals surface area contributed by atoms with Crippen LogP contribution < -0.4 is 10.2 Å². The average Bonchev–Trinajstić information content (AvgIpc) is 2.58. The summed E-state index contributed by atoms with van der Waals surface area (Å²) in [6.45, 7) is 6.92. The van der Waals surface area contributed by atoms with Gasteiger partial charge in [0.25, 0.3) is 0 Å². The molecular weight excluding hydrogens is 274 g/mol. The Labute approximate surface area is 132 Å². The maximum atomic E-state index is 4.58. The van der Waals surface area contributed by atoms with Crippen LogP contribution in [0.1, 0.15) is 38.7 Å². The third-order valence-electron chi connectivity index (χ3n) is 3.53. The Morgan fingerprint density at radius 2 is 1.91 bits per heavy atom. The Balaban J connectivity index is 1.99. The summed E-state index contributed by atoms with van der Waals surface area (Å²) in [6.07, 6.45) is 5.28. The van der Waals surface area contributed by atoms with E-state index in [0.717, 1.165) is 31.9 Å². The molecule has 0 unspecified atom stereocenters. The van der Waals surface area contributed by atoms with Crippen molar-refractivity contribution in [1.29, 1.82) is 0 Å².